The third-order valence-corrected chi connectivity index (χ3v) is 5.88. The molecule has 31 heavy (non-hydrogen) atoms. The molecule has 0 amide bonds. The predicted octanol–water partition coefficient (Wildman–Crippen LogP) is 1.72. The number of para-hydroxylation sites is 1. The number of ether oxygens (including phenoxy) is 3. The molecule has 2 aliphatic heterocycles. The van der Waals surface area contributed by atoms with Crippen LogP contribution in [0.4, 0.5) is 0 Å². The number of hydrogen-bond acceptors (Lipinski definition) is 7. The zero-order valence-electron chi connectivity index (χ0n) is 17.8. The van der Waals surface area contributed by atoms with Crippen molar-refractivity contribution in [2.24, 2.45) is 5.73 Å². The number of aryl methyl sites for hydroxylation is 1. The number of pyridine rings is 1. The highest BCUT2D eigenvalue weighted by Crippen LogP contribution is 2.43. The largest absolute Gasteiger partial charge is 0.496 e. The van der Waals surface area contributed by atoms with Gasteiger partial charge in [0.2, 0.25) is 5.88 Å². The van der Waals surface area contributed by atoms with Crippen molar-refractivity contribution in [1.82, 2.24) is 9.47 Å². The summed E-state index contributed by atoms with van der Waals surface area (Å²) in [5, 5.41) is 9.83. The van der Waals surface area contributed by atoms with Crippen LogP contribution < -0.4 is 20.8 Å². The second-order valence-corrected chi connectivity index (χ2v) is 7.64. The summed E-state index contributed by atoms with van der Waals surface area (Å²) in [7, 11) is 1.56. The van der Waals surface area contributed by atoms with E-state index in [2.05, 4.69) is 11.0 Å². The van der Waals surface area contributed by atoms with E-state index in [9.17, 15) is 10.1 Å². The van der Waals surface area contributed by atoms with Crippen molar-refractivity contribution in [3.63, 3.8) is 0 Å². The lowest BCUT2D eigenvalue weighted by atomic mass is 9.83. The Morgan fingerprint density at radius 3 is 2.71 bits per heavy atom. The van der Waals surface area contributed by atoms with E-state index in [0.717, 1.165) is 25.3 Å². The van der Waals surface area contributed by atoms with Crippen LogP contribution in [0.25, 0.3) is 0 Å². The number of morpholine rings is 1. The average molecular weight is 422 g/mol. The Morgan fingerprint density at radius 2 is 2.00 bits per heavy atom. The van der Waals surface area contributed by atoms with Gasteiger partial charge in [0.15, 0.2) is 0 Å². The molecule has 1 saturated heterocycles. The van der Waals surface area contributed by atoms with Gasteiger partial charge in [-0.1, -0.05) is 18.2 Å². The Bertz CT molecular complexity index is 1110. The van der Waals surface area contributed by atoms with Gasteiger partial charge in [0.05, 0.1) is 31.8 Å². The molecule has 0 radical (unpaired) electrons. The standard InChI is InChI=1S/C23H26N4O4/c1-15-13-19-21(23(28)27(15)8-7-26-9-11-30-12-10-26)20(17(14-24)22(25)31-19)16-5-3-4-6-18(16)29-2/h3-6,13,20H,7-12,25H2,1-2H3/t20-/m0/s1. The third kappa shape index (κ3) is 3.90. The van der Waals surface area contributed by atoms with Crippen LogP contribution in [0.5, 0.6) is 11.5 Å². The van der Waals surface area contributed by atoms with E-state index in [1.165, 1.54) is 0 Å². The molecule has 1 aromatic heterocycles. The van der Waals surface area contributed by atoms with Crippen LogP contribution in [0.1, 0.15) is 22.7 Å². The van der Waals surface area contributed by atoms with Gasteiger partial charge in [-0.25, -0.2) is 0 Å². The van der Waals surface area contributed by atoms with Crippen LogP contribution in [0.2, 0.25) is 0 Å². The lowest BCUT2D eigenvalue weighted by Crippen LogP contribution is -2.40. The molecule has 8 nitrogen and oxygen atoms in total. The number of rotatable bonds is 5. The summed E-state index contributed by atoms with van der Waals surface area (Å²) in [6.45, 7) is 6.27. The number of benzene rings is 1. The number of fused-ring (bicyclic) bond motifs is 1. The summed E-state index contributed by atoms with van der Waals surface area (Å²) >= 11 is 0. The molecular weight excluding hydrogens is 396 g/mol. The molecule has 0 bridgehead atoms. The maximum atomic E-state index is 13.7. The minimum Gasteiger partial charge on any atom is -0.496 e. The summed E-state index contributed by atoms with van der Waals surface area (Å²) in [5.74, 6) is 0.321. The summed E-state index contributed by atoms with van der Waals surface area (Å²) in [6, 6.07) is 11.3. The highest BCUT2D eigenvalue weighted by Gasteiger charge is 2.35. The van der Waals surface area contributed by atoms with Crippen LogP contribution in [-0.2, 0) is 11.3 Å². The van der Waals surface area contributed by atoms with Crippen molar-refractivity contribution in [1.29, 1.82) is 5.26 Å². The Labute approximate surface area is 181 Å². The minimum atomic E-state index is -0.660. The van der Waals surface area contributed by atoms with Gasteiger partial charge in [-0.15, -0.1) is 0 Å². The number of allylic oxidation sites excluding steroid dienone is 1. The van der Waals surface area contributed by atoms with Crippen molar-refractivity contribution >= 4 is 0 Å². The van der Waals surface area contributed by atoms with Crippen LogP contribution >= 0.6 is 0 Å². The predicted molar refractivity (Wildman–Crippen MR) is 115 cm³/mol. The number of nitriles is 1. The first-order valence-corrected chi connectivity index (χ1v) is 10.3. The molecule has 0 unspecified atom stereocenters. The topological polar surface area (TPSA) is 103 Å². The van der Waals surface area contributed by atoms with Crippen LogP contribution in [0.15, 0.2) is 46.6 Å². The van der Waals surface area contributed by atoms with E-state index in [-0.39, 0.29) is 17.0 Å². The number of nitrogens with zero attached hydrogens (tertiary/aromatic N) is 3. The third-order valence-electron chi connectivity index (χ3n) is 5.88. The minimum absolute atomic E-state index is 0.00997. The van der Waals surface area contributed by atoms with Gasteiger partial charge in [-0.2, -0.15) is 5.26 Å². The number of methoxy groups -OCH3 is 1. The van der Waals surface area contributed by atoms with E-state index in [1.807, 2.05) is 31.2 Å². The van der Waals surface area contributed by atoms with E-state index in [1.54, 1.807) is 17.7 Å². The molecule has 0 spiro atoms. The maximum Gasteiger partial charge on any atom is 0.258 e. The van der Waals surface area contributed by atoms with E-state index < -0.39 is 5.92 Å². The Kier molecular flexibility index (Phi) is 5.98. The van der Waals surface area contributed by atoms with Crippen LogP contribution in [0.3, 0.4) is 0 Å². The monoisotopic (exact) mass is 422 g/mol. The van der Waals surface area contributed by atoms with Crippen LogP contribution in [0, 0.1) is 18.3 Å². The zero-order chi connectivity index (χ0) is 22.0. The summed E-state index contributed by atoms with van der Waals surface area (Å²) < 4.78 is 18.4. The number of aromatic nitrogens is 1. The summed E-state index contributed by atoms with van der Waals surface area (Å²) in [6.07, 6.45) is 0. The van der Waals surface area contributed by atoms with E-state index in [0.29, 0.717) is 42.4 Å². The molecule has 162 valence electrons. The van der Waals surface area contributed by atoms with Gasteiger partial charge in [-0.05, 0) is 13.0 Å². The molecule has 0 aliphatic carbocycles. The first-order chi connectivity index (χ1) is 15.0. The second kappa shape index (κ2) is 8.84. The highest BCUT2D eigenvalue weighted by molar-refractivity contribution is 5.58. The smallest absolute Gasteiger partial charge is 0.258 e. The molecule has 2 N–H and O–H groups in total. The first-order valence-electron chi connectivity index (χ1n) is 10.3. The average Bonchev–Trinajstić information content (AvgIpc) is 2.78. The normalized spacial score (nSPS) is 18.8. The molecule has 1 atom stereocenters. The molecule has 0 saturated carbocycles. The lowest BCUT2D eigenvalue weighted by molar-refractivity contribution is 0.0362. The second-order valence-electron chi connectivity index (χ2n) is 7.64. The molecule has 2 aliphatic rings. The fourth-order valence-corrected chi connectivity index (χ4v) is 4.25. The van der Waals surface area contributed by atoms with Crippen molar-refractivity contribution in [2.45, 2.75) is 19.4 Å². The molecule has 1 aromatic carbocycles. The van der Waals surface area contributed by atoms with Crippen molar-refractivity contribution in [3.8, 4) is 17.6 Å². The Morgan fingerprint density at radius 1 is 1.26 bits per heavy atom. The fourth-order valence-electron chi connectivity index (χ4n) is 4.25. The lowest BCUT2D eigenvalue weighted by Gasteiger charge is -2.29. The maximum absolute atomic E-state index is 13.7. The molecule has 8 heteroatoms. The van der Waals surface area contributed by atoms with Gasteiger partial charge < -0.3 is 24.5 Å². The summed E-state index contributed by atoms with van der Waals surface area (Å²) in [4.78, 5) is 16.0. The quantitative estimate of drug-likeness (QED) is 0.783. The van der Waals surface area contributed by atoms with Crippen molar-refractivity contribution < 1.29 is 14.2 Å². The molecule has 4 rings (SSSR count). The molecule has 1 fully saturated rings. The zero-order valence-corrected chi connectivity index (χ0v) is 17.8. The van der Waals surface area contributed by atoms with Gasteiger partial charge >= 0.3 is 0 Å². The molecule has 2 aromatic rings. The summed E-state index contributed by atoms with van der Waals surface area (Å²) in [5.41, 5.74) is 8.00. The Balaban J connectivity index is 1.81. The SMILES string of the molecule is COc1ccccc1[C@H]1C(C#N)=C(N)Oc2cc(C)n(CCN3CCOCC3)c(=O)c21. The molecular formula is C23H26N4O4. The number of nitrogens with two attached hydrogens (primary N) is 1. The highest BCUT2D eigenvalue weighted by atomic mass is 16.5. The fraction of sp³-hybridized carbons (Fsp3) is 0.391. The Hall–Kier alpha value is -3.28. The van der Waals surface area contributed by atoms with Crippen molar-refractivity contribution in [2.75, 3.05) is 40.0 Å². The molecule has 3 heterocycles. The van der Waals surface area contributed by atoms with Crippen LogP contribution in [-0.4, -0.2) is 49.4 Å². The first kappa shape index (κ1) is 21.0. The van der Waals surface area contributed by atoms with Gasteiger partial charge in [-0.3, -0.25) is 9.69 Å². The van der Waals surface area contributed by atoms with Crippen molar-refractivity contribution in [3.05, 3.63) is 69.0 Å². The van der Waals surface area contributed by atoms with Gasteiger partial charge in [0.1, 0.15) is 23.1 Å². The van der Waals surface area contributed by atoms with Gasteiger partial charge in [0.25, 0.3) is 5.56 Å². The number of hydrogen-bond donors (Lipinski definition) is 1. The van der Waals surface area contributed by atoms with E-state index in [4.69, 9.17) is 19.9 Å². The van der Waals surface area contributed by atoms with E-state index >= 15 is 0 Å². The van der Waals surface area contributed by atoms with Gasteiger partial charge in [0, 0.05) is 43.5 Å².